The zero-order valence-corrected chi connectivity index (χ0v) is 9.98. The summed E-state index contributed by atoms with van der Waals surface area (Å²) >= 11 is 0. The van der Waals surface area contributed by atoms with Crippen LogP contribution in [0.4, 0.5) is 0 Å². The van der Waals surface area contributed by atoms with Crippen molar-refractivity contribution in [2.45, 2.75) is 54.4 Å². The summed E-state index contributed by atoms with van der Waals surface area (Å²) in [5.41, 5.74) is -7.51. The molecule has 0 aromatic rings. The second kappa shape index (κ2) is 2.51. The summed E-state index contributed by atoms with van der Waals surface area (Å²) in [4.78, 5) is 0. The maximum atomic E-state index is 10.8. The van der Waals surface area contributed by atoms with Crippen LogP contribution in [0.15, 0.2) is 0 Å². The highest BCUT2D eigenvalue weighted by molar-refractivity contribution is 5.47. The van der Waals surface area contributed by atoms with Gasteiger partial charge < -0.3 is 30.6 Å². The molecule has 6 nitrogen and oxygen atoms in total. The van der Waals surface area contributed by atoms with Gasteiger partial charge in [0.15, 0.2) is 0 Å². The summed E-state index contributed by atoms with van der Waals surface area (Å²) in [6.45, 7) is 1.29. The van der Waals surface area contributed by atoms with Crippen LogP contribution in [0.3, 0.4) is 0 Å². The first kappa shape index (κ1) is 11.6. The summed E-state index contributed by atoms with van der Waals surface area (Å²) in [6.07, 6.45) is -1.96. The van der Waals surface area contributed by atoms with Crippen LogP contribution in [0.5, 0.6) is 0 Å². The fourth-order valence-electron chi connectivity index (χ4n) is 5.75. The third-order valence-electron chi connectivity index (χ3n) is 6.52. The lowest BCUT2D eigenvalue weighted by Crippen LogP contribution is -2.87. The van der Waals surface area contributed by atoms with E-state index in [9.17, 15) is 30.6 Å². The van der Waals surface area contributed by atoms with Crippen molar-refractivity contribution in [1.29, 1.82) is 0 Å². The van der Waals surface area contributed by atoms with Gasteiger partial charge in [0, 0.05) is 17.8 Å². The average molecular weight is 258 g/mol. The molecule has 0 aliphatic heterocycles. The third kappa shape index (κ3) is 0.649. The summed E-state index contributed by atoms with van der Waals surface area (Å²) in [5.74, 6) is -1.50. The molecule has 6 heteroatoms. The van der Waals surface area contributed by atoms with Crippen LogP contribution in [0.1, 0.15) is 19.8 Å². The number of hydrogen-bond donors (Lipinski definition) is 6. The molecular formula is C12H18O6. The molecule has 9 atom stereocenters. The van der Waals surface area contributed by atoms with E-state index in [1.807, 2.05) is 0 Å². The van der Waals surface area contributed by atoms with Crippen molar-refractivity contribution >= 4 is 0 Å². The molecule has 6 N–H and O–H groups in total. The van der Waals surface area contributed by atoms with Crippen molar-refractivity contribution in [3.05, 3.63) is 0 Å². The van der Waals surface area contributed by atoms with Gasteiger partial charge in [-0.25, -0.2) is 0 Å². The van der Waals surface area contributed by atoms with E-state index in [-0.39, 0.29) is 12.8 Å². The molecule has 0 saturated heterocycles. The highest BCUT2D eigenvalue weighted by Crippen LogP contribution is 2.81. The van der Waals surface area contributed by atoms with E-state index in [0.29, 0.717) is 0 Å². The molecule has 5 aliphatic rings. The Bertz CT molecular complexity index is 452. The Morgan fingerprint density at radius 2 is 1.33 bits per heavy atom. The first-order valence-corrected chi connectivity index (χ1v) is 6.40. The molecule has 102 valence electrons. The standard InChI is InChI=1S/C12H18O6/c1-9(15)6(13)2-5-8-4-3-7(14)10(8,16)12(5,18)11(4,9)17/h4-8,13-18H,2-3H2,1H3. The summed E-state index contributed by atoms with van der Waals surface area (Å²) in [7, 11) is 0. The normalized spacial score (nSPS) is 76.5. The Labute approximate surface area is 103 Å². The predicted octanol–water partition coefficient (Wildman–Crippen LogP) is -2.66. The highest BCUT2D eigenvalue weighted by atomic mass is 16.4. The van der Waals surface area contributed by atoms with E-state index >= 15 is 0 Å². The minimum atomic E-state index is -1.96. The molecule has 0 radical (unpaired) electrons. The minimum Gasteiger partial charge on any atom is -0.390 e. The second-order valence-electron chi connectivity index (χ2n) is 6.75. The minimum absolute atomic E-state index is 0.127. The van der Waals surface area contributed by atoms with Crippen LogP contribution >= 0.6 is 0 Å². The molecule has 0 heterocycles. The van der Waals surface area contributed by atoms with Gasteiger partial charge in [0.1, 0.15) is 22.4 Å². The lowest BCUT2D eigenvalue weighted by atomic mass is 9.46. The Kier molecular flexibility index (Phi) is 1.61. The molecule has 0 aromatic heterocycles. The fourth-order valence-corrected chi connectivity index (χ4v) is 5.75. The maximum absolute atomic E-state index is 10.8. The lowest BCUT2D eigenvalue weighted by Gasteiger charge is -2.67. The van der Waals surface area contributed by atoms with Gasteiger partial charge >= 0.3 is 0 Å². The van der Waals surface area contributed by atoms with Crippen LogP contribution in [-0.2, 0) is 0 Å². The summed E-state index contributed by atoms with van der Waals surface area (Å²) < 4.78 is 0. The van der Waals surface area contributed by atoms with E-state index in [1.54, 1.807) is 0 Å². The molecule has 0 amide bonds. The summed E-state index contributed by atoms with van der Waals surface area (Å²) in [5, 5.41) is 62.4. The van der Waals surface area contributed by atoms with E-state index in [2.05, 4.69) is 0 Å². The van der Waals surface area contributed by atoms with Gasteiger partial charge in [-0.15, -0.1) is 0 Å². The van der Waals surface area contributed by atoms with Crippen molar-refractivity contribution < 1.29 is 30.6 Å². The maximum Gasteiger partial charge on any atom is 0.131 e. The Morgan fingerprint density at radius 1 is 0.833 bits per heavy atom. The van der Waals surface area contributed by atoms with Crippen molar-refractivity contribution in [3.63, 3.8) is 0 Å². The molecule has 5 fully saturated rings. The molecule has 18 heavy (non-hydrogen) atoms. The van der Waals surface area contributed by atoms with Crippen LogP contribution in [0, 0.1) is 17.8 Å². The molecule has 5 rings (SSSR count). The molecule has 0 spiro atoms. The highest BCUT2D eigenvalue weighted by Gasteiger charge is 2.97. The Hall–Kier alpha value is -0.240. The first-order valence-electron chi connectivity index (χ1n) is 6.40. The van der Waals surface area contributed by atoms with Gasteiger partial charge in [0.2, 0.25) is 0 Å². The zero-order valence-electron chi connectivity index (χ0n) is 9.98. The largest absolute Gasteiger partial charge is 0.390 e. The van der Waals surface area contributed by atoms with Gasteiger partial charge in [-0.05, 0) is 19.8 Å². The fraction of sp³-hybridized carbons (Fsp3) is 1.00. The first-order chi connectivity index (χ1) is 8.15. The second-order valence-corrected chi connectivity index (χ2v) is 6.75. The van der Waals surface area contributed by atoms with Crippen LogP contribution in [-0.4, -0.2) is 65.3 Å². The quantitative estimate of drug-likeness (QED) is 0.282. The van der Waals surface area contributed by atoms with Crippen LogP contribution in [0.25, 0.3) is 0 Å². The third-order valence-corrected chi connectivity index (χ3v) is 6.52. The average Bonchev–Trinajstić information content (AvgIpc) is 2.68. The predicted molar refractivity (Wildman–Crippen MR) is 57.2 cm³/mol. The number of hydrogen-bond acceptors (Lipinski definition) is 6. The number of aliphatic hydroxyl groups is 6. The van der Waals surface area contributed by atoms with Crippen molar-refractivity contribution in [2.24, 2.45) is 17.8 Å². The van der Waals surface area contributed by atoms with Crippen molar-refractivity contribution in [2.75, 3.05) is 0 Å². The smallest absolute Gasteiger partial charge is 0.131 e. The number of aliphatic hydroxyl groups excluding tert-OH is 2. The topological polar surface area (TPSA) is 121 Å². The Morgan fingerprint density at radius 3 is 1.94 bits per heavy atom. The van der Waals surface area contributed by atoms with E-state index in [4.69, 9.17) is 0 Å². The van der Waals surface area contributed by atoms with E-state index < -0.39 is 52.4 Å². The molecule has 5 saturated carbocycles. The van der Waals surface area contributed by atoms with Gasteiger partial charge in [0.25, 0.3) is 0 Å². The van der Waals surface area contributed by atoms with Crippen LogP contribution < -0.4 is 0 Å². The van der Waals surface area contributed by atoms with Gasteiger partial charge in [-0.1, -0.05) is 0 Å². The molecule has 9 unspecified atom stereocenters. The van der Waals surface area contributed by atoms with Crippen molar-refractivity contribution in [3.8, 4) is 0 Å². The molecule has 0 aromatic carbocycles. The monoisotopic (exact) mass is 258 g/mol. The molecule has 5 aliphatic carbocycles. The molecule has 6 bridgehead atoms. The zero-order chi connectivity index (χ0) is 13.3. The summed E-state index contributed by atoms with van der Waals surface area (Å²) in [6, 6.07) is 0. The Balaban J connectivity index is 1.97. The van der Waals surface area contributed by atoms with Crippen LogP contribution in [0.2, 0.25) is 0 Å². The number of rotatable bonds is 0. The lowest BCUT2D eigenvalue weighted by molar-refractivity contribution is -0.386. The van der Waals surface area contributed by atoms with E-state index in [1.165, 1.54) is 6.92 Å². The van der Waals surface area contributed by atoms with Gasteiger partial charge in [0.05, 0.1) is 12.2 Å². The van der Waals surface area contributed by atoms with Crippen molar-refractivity contribution in [1.82, 2.24) is 0 Å². The van der Waals surface area contributed by atoms with Gasteiger partial charge in [-0.3, -0.25) is 0 Å². The molecular weight excluding hydrogens is 240 g/mol. The van der Waals surface area contributed by atoms with E-state index in [0.717, 1.165) is 0 Å². The van der Waals surface area contributed by atoms with Gasteiger partial charge in [-0.2, -0.15) is 0 Å². The SMILES string of the molecule is CC1(O)C(O)CC2C3C4CC(O)C3(O)C2(O)C41O.